The Labute approximate surface area is 233 Å². The van der Waals surface area contributed by atoms with Gasteiger partial charge in [0.05, 0.1) is 22.2 Å². The topological polar surface area (TPSA) is 84.9 Å². The summed E-state index contributed by atoms with van der Waals surface area (Å²) in [4.78, 5) is 38.4. The van der Waals surface area contributed by atoms with Crippen LogP contribution < -0.4 is 14.8 Å². The second kappa shape index (κ2) is 12.0. The zero-order valence-electron chi connectivity index (χ0n) is 19.6. The number of benzene rings is 3. The molecule has 0 radical (unpaired) electrons. The van der Waals surface area contributed by atoms with Gasteiger partial charge in [-0.3, -0.25) is 19.3 Å². The fourth-order valence-corrected chi connectivity index (χ4v) is 4.95. The van der Waals surface area contributed by atoms with E-state index >= 15 is 0 Å². The highest BCUT2D eigenvalue weighted by Gasteiger charge is 2.36. The van der Waals surface area contributed by atoms with Gasteiger partial charge in [0.15, 0.2) is 11.5 Å². The van der Waals surface area contributed by atoms with Gasteiger partial charge < -0.3 is 14.8 Å². The van der Waals surface area contributed by atoms with Gasteiger partial charge in [-0.2, -0.15) is 0 Å². The maximum absolute atomic E-state index is 13.8. The van der Waals surface area contributed by atoms with Crippen molar-refractivity contribution in [2.45, 2.75) is 6.61 Å². The first kappa shape index (κ1) is 27.6. The number of carbonyl (C=O) groups excluding carboxylic acids is 3. The molecule has 1 aliphatic heterocycles. The number of nitrogens with one attached hydrogen (secondary N) is 1. The van der Waals surface area contributed by atoms with Crippen molar-refractivity contribution in [2.24, 2.45) is 0 Å². The Morgan fingerprint density at radius 3 is 2.55 bits per heavy atom. The Morgan fingerprint density at radius 1 is 1.13 bits per heavy atom. The predicted molar refractivity (Wildman–Crippen MR) is 144 cm³/mol. The molecule has 7 nitrogen and oxygen atoms in total. The number of hydrogen-bond acceptors (Lipinski definition) is 6. The molecule has 0 unspecified atom stereocenters. The highest BCUT2D eigenvalue weighted by Crippen LogP contribution is 2.39. The van der Waals surface area contributed by atoms with Crippen molar-refractivity contribution >= 4 is 68.1 Å². The van der Waals surface area contributed by atoms with Gasteiger partial charge in [-0.05, 0) is 81.3 Å². The maximum Gasteiger partial charge on any atom is 0.294 e. The van der Waals surface area contributed by atoms with Gasteiger partial charge in [-0.25, -0.2) is 8.78 Å². The largest absolute Gasteiger partial charge is 0.493 e. The quantitative estimate of drug-likeness (QED) is 0.283. The molecule has 0 atom stereocenters. The van der Waals surface area contributed by atoms with Crippen LogP contribution in [0.15, 0.2) is 64.0 Å². The lowest BCUT2D eigenvalue weighted by Gasteiger charge is -2.14. The van der Waals surface area contributed by atoms with Crippen LogP contribution in [-0.2, 0) is 16.2 Å². The SMILES string of the molecule is COc1cc(/C=C2/SC(=O)N(CC(=O)Nc3ccc(F)cc3F)C2=O)cc(Br)c1OCc1ccc(Cl)cc1. The van der Waals surface area contributed by atoms with E-state index in [2.05, 4.69) is 21.2 Å². The normalized spacial score (nSPS) is 14.2. The van der Waals surface area contributed by atoms with E-state index in [9.17, 15) is 23.2 Å². The summed E-state index contributed by atoms with van der Waals surface area (Å²) < 4.78 is 38.8. The van der Waals surface area contributed by atoms with Crippen molar-refractivity contribution in [1.82, 2.24) is 4.90 Å². The molecule has 0 aromatic heterocycles. The van der Waals surface area contributed by atoms with Crippen molar-refractivity contribution in [3.63, 3.8) is 0 Å². The molecule has 0 bridgehead atoms. The number of rotatable bonds is 8. The monoisotopic (exact) mass is 622 g/mol. The fourth-order valence-electron chi connectivity index (χ4n) is 3.41. The molecule has 0 aliphatic carbocycles. The lowest BCUT2D eigenvalue weighted by molar-refractivity contribution is -0.127. The van der Waals surface area contributed by atoms with Crippen molar-refractivity contribution < 1.29 is 32.6 Å². The van der Waals surface area contributed by atoms with Gasteiger partial charge in [0.1, 0.15) is 24.8 Å². The Morgan fingerprint density at radius 2 is 1.87 bits per heavy atom. The standard InChI is InChI=1S/C26H18BrClF2N2O5S/c1-36-21-9-15(8-18(27)24(21)37-13-14-2-4-16(28)5-3-14)10-22-25(34)32(26(35)38-22)12-23(33)31-20-7-6-17(29)11-19(20)30/h2-11H,12-13H2,1H3,(H,31,33)/b22-10+. The van der Waals surface area contributed by atoms with Crippen molar-refractivity contribution in [3.8, 4) is 11.5 Å². The van der Waals surface area contributed by atoms with Crippen LogP contribution in [-0.4, -0.2) is 35.6 Å². The van der Waals surface area contributed by atoms with Crippen molar-refractivity contribution in [2.75, 3.05) is 19.0 Å². The molecule has 3 aromatic rings. The van der Waals surface area contributed by atoms with E-state index < -0.39 is 35.2 Å². The Balaban J connectivity index is 1.46. The molecule has 3 amide bonds. The van der Waals surface area contributed by atoms with E-state index in [1.165, 1.54) is 13.2 Å². The highest BCUT2D eigenvalue weighted by atomic mass is 79.9. The number of anilines is 1. The Hall–Kier alpha value is -3.41. The number of ether oxygens (including phenoxy) is 2. The lowest BCUT2D eigenvalue weighted by Crippen LogP contribution is -2.36. The third-order valence-corrected chi connectivity index (χ3v) is 6.97. The number of imide groups is 1. The van der Waals surface area contributed by atoms with Crippen LogP contribution >= 0.6 is 39.3 Å². The van der Waals surface area contributed by atoms with E-state index in [1.54, 1.807) is 24.3 Å². The number of thioether (sulfide) groups is 1. The van der Waals surface area contributed by atoms with E-state index in [-0.39, 0.29) is 17.2 Å². The number of amides is 3. The number of methoxy groups -OCH3 is 1. The van der Waals surface area contributed by atoms with Gasteiger partial charge in [-0.15, -0.1) is 0 Å². The van der Waals surface area contributed by atoms with E-state index in [1.807, 2.05) is 12.1 Å². The van der Waals surface area contributed by atoms with Gasteiger partial charge >= 0.3 is 0 Å². The highest BCUT2D eigenvalue weighted by molar-refractivity contribution is 9.10. The summed E-state index contributed by atoms with van der Waals surface area (Å²) in [6.07, 6.45) is 1.48. The average Bonchev–Trinajstić information content (AvgIpc) is 3.13. The Kier molecular flexibility index (Phi) is 8.70. The number of nitrogens with zero attached hydrogens (tertiary/aromatic N) is 1. The number of carbonyl (C=O) groups is 3. The molecular weight excluding hydrogens is 606 g/mol. The van der Waals surface area contributed by atoms with Gasteiger partial charge in [0, 0.05) is 11.1 Å². The first-order valence-corrected chi connectivity index (χ1v) is 12.9. The van der Waals surface area contributed by atoms with Crippen LogP contribution in [0, 0.1) is 11.6 Å². The minimum absolute atomic E-state index is 0.0829. The summed E-state index contributed by atoms with van der Waals surface area (Å²) in [5, 5.41) is 2.18. The molecular formula is C26H18BrClF2N2O5S. The third kappa shape index (κ3) is 6.53. The summed E-state index contributed by atoms with van der Waals surface area (Å²) in [7, 11) is 1.47. The van der Waals surface area contributed by atoms with Crippen LogP contribution in [0.2, 0.25) is 5.02 Å². The van der Waals surface area contributed by atoms with Crippen LogP contribution in [0.3, 0.4) is 0 Å². The summed E-state index contributed by atoms with van der Waals surface area (Å²) in [6, 6.07) is 13.1. The molecule has 1 fully saturated rings. The number of hydrogen-bond donors (Lipinski definition) is 1. The molecule has 12 heteroatoms. The van der Waals surface area contributed by atoms with Gasteiger partial charge in [-0.1, -0.05) is 23.7 Å². The second-order valence-electron chi connectivity index (χ2n) is 7.89. The summed E-state index contributed by atoms with van der Waals surface area (Å²) >= 11 is 10.0. The molecule has 0 saturated carbocycles. The number of halogens is 4. The first-order chi connectivity index (χ1) is 18.1. The Bertz CT molecular complexity index is 1450. The summed E-state index contributed by atoms with van der Waals surface area (Å²) in [6.45, 7) is -0.377. The third-order valence-electron chi connectivity index (χ3n) is 5.23. The summed E-state index contributed by atoms with van der Waals surface area (Å²) in [5.74, 6) is -2.45. The van der Waals surface area contributed by atoms with Gasteiger partial charge in [0.25, 0.3) is 11.1 Å². The van der Waals surface area contributed by atoms with Gasteiger partial charge in [0.2, 0.25) is 5.91 Å². The second-order valence-corrected chi connectivity index (χ2v) is 10.2. The lowest BCUT2D eigenvalue weighted by atomic mass is 10.1. The van der Waals surface area contributed by atoms with Crippen LogP contribution in [0.1, 0.15) is 11.1 Å². The molecule has 1 N–H and O–H groups in total. The van der Waals surface area contributed by atoms with E-state index in [4.69, 9.17) is 21.1 Å². The van der Waals surface area contributed by atoms with Crippen molar-refractivity contribution in [3.05, 3.63) is 91.8 Å². The molecule has 0 spiro atoms. The zero-order chi connectivity index (χ0) is 27.4. The van der Waals surface area contributed by atoms with E-state index in [0.29, 0.717) is 44.4 Å². The zero-order valence-corrected chi connectivity index (χ0v) is 22.8. The first-order valence-electron chi connectivity index (χ1n) is 10.9. The fraction of sp³-hybridized carbons (Fsp3) is 0.115. The molecule has 196 valence electrons. The molecule has 1 heterocycles. The minimum Gasteiger partial charge on any atom is -0.493 e. The van der Waals surface area contributed by atoms with Crippen LogP contribution in [0.25, 0.3) is 6.08 Å². The molecule has 38 heavy (non-hydrogen) atoms. The average molecular weight is 624 g/mol. The summed E-state index contributed by atoms with van der Waals surface area (Å²) in [5.41, 5.74) is 1.16. The molecule has 1 aliphatic rings. The predicted octanol–water partition coefficient (Wildman–Crippen LogP) is 6.64. The van der Waals surface area contributed by atoms with Crippen molar-refractivity contribution in [1.29, 1.82) is 0 Å². The molecule has 1 saturated heterocycles. The smallest absolute Gasteiger partial charge is 0.294 e. The minimum atomic E-state index is -0.979. The maximum atomic E-state index is 13.8. The van der Waals surface area contributed by atoms with E-state index in [0.717, 1.165) is 22.6 Å². The van der Waals surface area contributed by atoms with Crippen LogP contribution in [0.5, 0.6) is 11.5 Å². The molecule has 4 rings (SSSR count). The molecule has 3 aromatic carbocycles. The van der Waals surface area contributed by atoms with Crippen LogP contribution in [0.4, 0.5) is 19.3 Å².